The number of benzene rings is 1. The zero-order valence-electron chi connectivity index (χ0n) is 15.4. The number of hydrogen-bond acceptors (Lipinski definition) is 3. The Hall–Kier alpha value is -1.30. The van der Waals surface area contributed by atoms with Gasteiger partial charge in [-0.3, -0.25) is 14.5 Å². The molecule has 0 bridgehead atoms. The summed E-state index contributed by atoms with van der Waals surface area (Å²) in [4.78, 5) is 26.8. The second-order valence-corrected chi connectivity index (χ2v) is 7.65. The maximum absolute atomic E-state index is 12.5. The van der Waals surface area contributed by atoms with Crippen molar-refractivity contribution in [3.8, 4) is 0 Å². The minimum absolute atomic E-state index is 0.0464. The predicted octanol–water partition coefficient (Wildman–Crippen LogP) is 3.95. The molecule has 1 aliphatic heterocycles. The fourth-order valence-corrected chi connectivity index (χ4v) is 3.65. The molecule has 1 aliphatic rings. The molecule has 1 aromatic rings. The first-order valence-corrected chi connectivity index (χ1v) is 9.95. The van der Waals surface area contributed by atoms with Gasteiger partial charge in [-0.1, -0.05) is 36.5 Å². The minimum atomic E-state index is -0.281. The fourth-order valence-electron chi connectivity index (χ4n) is 3.12. The quantitative estimate of drug-likeness (QED) is 0.682. The Kier molecular flexibility index (Phi) is 8.19. The van der Waals surface area contributed by atoms with E-state index in [1.807, 2.05) is 6.92 Å². The maximum Gasteiger partial charge on any atom is 0.241 e. The van der Waals surface area contributed by atoms with Gasteiger partial charge in [0, 0.05) is 28.2 Å². The summed E-state index contributed by atoms with van der Waals surface area (Å²) in [7, 11) is 0. The molecule has 0 aliphatic carbocycles. The maximum atomic E-state index is 12.5. The van der Waals surface area contributed by atoms with Crippen molar-refractivity contribution in [1.82, 2.24) is 10.2 Å². The fraction of sp³-hybridized carbons (Fsp3) is 0.579. The smallest absolute Gasteiger partial charge is 0.241 e. The third-order valence-corrected chi connectivity index (χ3v) is 5.22. The Bertz CT molecular complexity index is 611. The van der Waals surface area contributed by atoms with Crippen LogP contribution in [0.4, 0.5) is 5.69 Å². The molecule has 1 saturated heterocycles. The molecular formula is C19H27Cl2N3O2. The number of unbranched alkanes of at least 4 members (excludes halogenated alkanes) is 1. The molecule has 144 valence electrons. The molecule has 2 rings (SSSR count). The monoisotopic (exact) mass is 399 g/mol. The average Bonchev–Trinajstić information content (AvgIpc) is 2.60. The second-order valence-electron chi connectivity index (χ2n) is 6.78. The molecule has 0 saturated carbocycles. The van der Waals surface area contributed by atoms with Crippen molar-refractivity contribution in [3.05, 3.63) is 28.2 Å². The van der Waals surface area contributed by atoms with Gasteiger partial charge in [-0.25, -0.2) is 0 Å². The number of rotatable bonds is 7. The number of carbonyl (C=O) groups excluding carboxylic acids is 2. The first-order chi connectivity index (χ1) is 12.4. The lowest BCUT2D eigenvalue weighted by atomic mass is 9.95. The van der Waals surface area contributed by atoms with Crippen LogP contribution in [0.25, 0.3) is 0 Å². The average molecular weight is 400 g/mol. The Balaban J connectivity index is 1.82. The molecule has 0 aromatic heterocycles. The number of likely N-dealkylation sites (tertiary alicyclic amines) is 1. The number of nitrogens with one attached hydrogen (secondary N) is 2. The highest BCUT2D eigenvalue weighted by Gasteiger charge is 2.29. The van der Waals surface area contributed by atoms with Gasteiger partial charge < -0.3 is 10.6 Å². The van der Waals surface area contributed by atoms with Crippen molar-refractivity contribution in [2.24, 2.45) is 5.92 Å². The molecule has 1 fully saturated rings. The van der Waals surface area contributed by atoms with Gasteiger partial charge in [-0.15, -0.1) is 0 Å². The highest BCUT2D eigenvalue weighted by atomic mass is 35.5. The summed E-state index contributed by atoms with van der Waals surface area (Å²) in [5.74, 6) is 0.0862. The largest absolute Gasteiger partial charge is 0.356 e. The summed E-state index contributed by atoms with van der Waals surface area (Å²) >= 11 is 11.9. The van der Waals surface area contributed by atoms with Gasteiger partial charge in [0.25, 0.3) is 0 Å². The second kappa shape index (κ2) is 10.1. The third kappa shape index (κ3) is 6.15. The summed E-state index contributed by atoms with van der Waals surface area (Å²) in [6.45, 7) is 6.20. The molecule has 2 N–H and O–H groups in total. The van der Waals surface area contributed by atoms with E-state index in [0.29, 0.717) is 15.7 Å². The topological polar surface area (TPSA) is 61.4 Å². The molecule has 1 heterocycles. The van der Waals surface area contributed by atoms with Crippen molar-refractivity contribution in [1.29, 1.82) is 0 Å². The van der Waals surface area contributed by atoms with Gasteiger partial charge in [0.05, 0.1) is 6.04 Å². The summed E-state index contributed by atoms with van der Waals surface area (Å²) < 4.78 is 0. The number of anilines is 1. The molecular weight excluding hydrogens is 373 g/mol. The van der Waals surface area contributed by atoms with Crippen molar-refractivity contribution in [2.45, 2.75) is 45.6 Å². The molecule has 1 aromatic carbocycles. The van der Waals surface area contributed by atoms with Crippen molar-refractivity contribution in [3.63, 3.8) is 0 Å². The summed E-state index contributed by atoms with van der Waals surface area (Å²) in [6, 6.07) is 4.69. The lowest BCUT2D eigenvalue weighted by Crippen LogP contribution is -2.48. The highest BCUT2D eigenvalue weighted by Crippen LogP contribution is 2.24. The Morgan fingerprint density at radius 3 is 2.38 bits per heavy atom. The van der Waals surface area contributed by atoms with Gasteiger partial charge >= 0.3 is 0 Å². The van der Waals surface area contributed by atoms with Crippen LogP contribution in [0.2, 0.25) is 10.0 Å². The summed E-state index contributed by atoms with van der Waals surface area (Å²) in [5.41, 5.74) is 0.588. The normalized spacial score (nSPS) is 16.9. The van der Waals surface area contributed by atoms with Gasteiger partial charge in [0.1, 0.15) is 0 Å². The number of halogens is 2. The summed E-state index contributed by atoms with van der Waals surface area (Å²) in [5, 5.41) is 6.83. The van der Waals surface area contributed by atoms with Crippen LogP contribution < -0.4 is 10.6 Å². The number of piperidine rings is 1. The van der Waals surface area contributed by atoms with Gasteiger partial charge in [-0.2, -0.15) is 0 Å². The van der Waals surface area contributed by atoms with E-state index in [1.165, 1.54) is 0 Å². The van der Waals surface area contributed by atoms with Crippen LogP contribution in [-0.2, 0) is 9.59 Å². The van der Waals surface area contributed by atoms with Gasteiger partial charge in [0.2, 0.25) is 11.8 Å². The SMILES string of the molecule is CCCCNC(=O)C1CCN([C@H](C)C(=O)Nc2cc(Cl)cc(Cl)c2)CC1. The minimum Gasteiger partial charge on any atom is -0.356 e. The van der Waals surface area contributed by atoms with Gasteiger partial charge in [0.15, 0.2) is 0 Å². The predicted molar refractivity (Wildman–Crippen MR) is 107 cm³/mol. The molecule has 2 amide bonds. The van der Waals surface area contributed by atoms with Crippen LogP contribution in [0.15, 0.2) is 18.2 Å². The number of nitrogens with zero attached hydrogens (tertiary/aromatic N) is 1. The Labute approximate surface area is 165 Å². The van der Waals surface area contributed by atoms with Crippen LogP contribution in [0.1, 0.15) is 39.5 Å². The van der Waals surface area contributed by atoms with Gasteiger partial charge in [-0.05, 0) is 57.5 Å². The highest BCUT2D eigenvalue weighted by molar-refractivity contribution is 6.35. The van der Waals surface area contributed by atoms with E-state index in [0.717, 1.165) is 45.3 Å². The zero-order chi connectivity index (χ0) is 19.1. The number of hydrogen-bond donors (Lipinski definition) is 2. The van der Waals surface area contributed by atoms with Crippen LogP contribution in [0.3, 0.4) is 0 Å². The van der Waals surface area contributed by atoms with E-state index in [9.17, 15) is 9.59 Å². The zero-order valence-corrected chi connectivity index (χ0v) is 16.9. The Morgan fingerprint density at radius 2 is 1.81 bits per heavy atom. The van der Waals surface area contributed by atoms with E-state index in [1.54, 1.807) is 18.2 Å². The van der Waals surface area contributed by atoms with Crippen molar-refractivity contribution >= 4 is 40.7 Å². The lowest BCUT2D eigenvalue weighted by Gasteiger charge is -2.34. The molecule has 1 atom stereocenters. The molecule has 5 nitrogen and oxygen atoms in total. The van der Waals surface area contributed by atoms with E-state index >= 15 is 0 Å². The van der Waals surface area contributed by atoms with Crippen molar-refractivity contribution in [2.75, 3.05) is 25.0 Å². The molecule has 0 unspecified atom stereocenters. The van der Waals surface area contributed by atoms with E-state index in [-0.39, 0.29) is 23.8 Å². The number of amides is 2. The third-order valence-electron chi connectivity index (χ3n) is 4.79. The van der Waals surface area contributed by atoms with Crippen molar-refractivity contribution < 1.29 is 9.59 Å². The summed E-state index contributed by atoms with van der Waals surface area (Å²) in [6.07, 6.45) is 3.63. The van der Waals surface area contributed by atoms with Crippen LogP contribution in [0.5, 0.6) is 0 Å². The Morgan fingerprint density at radius 1 is 1.19 bits per heavy atom. The number of carbonyl (C=O) groups is 2. The van der Waals surface area contributed by atoms with E-state index < -0.39 is 0 Å². The molecule has 26 heavy (non-hydrogen) atoms. The molecule has 0 spiro atoms. The molecule has 7 heteroatoms. The molecule has 0 radical (unpaired) electrons. The van der Waals surface area contributed by atoms with Crippen LogP contribution in [0, 0.1) is 5.92 Å². The van der Waals surface area contributed by atoms with E-state index in [2.05, 4.69) is 22.5 Å². The standard InChI is InChI=1S/C19H27Cl2N3O2/c1-3-4-7-22-19(26)14-5-8-24(9-6-14)13(2)18(25)23-17-11-15(20)10-16(21)12-17/h10-14H,3-9H2,1-2H3,(H,22,26)(H,23,25)/t13-/m1/s1. The van der Waals surface area contributed by atoms with E-state index in [4.69, 9.17) is 23.2 Å². The van der Waals surface area contributed by atoms with Crippen LogP contribution in [-0.4, -0.2) is 42.4 Å². The lowest BCUT2D eigenvalue weighted by molar-refractivity contribution is -0.127. The van der Waals surface area contributed by atoms with Crippen LogP contribution >= 0.6 is 23.2 Å². The first kappa shape index (κ1) is 21.0. The first-order valence-electron chi connectivity index (χ1n) is 9.19.